The number of ether oxygens (including phenoxy) is 2. The molecular weight excluding hydrogens is 266 g/mol. The molecule has 7 heteroatoms. The van der Waals surface area contributed by atoms with Gasteiger partial charge in [0.25, 0.3) is 0 Å². The summed E-state index contributed by atoms with van der Waals surface area (Å²) in [6.07, 6.45) is 0. The maximum Gasteiger partial charge on any atom is 0.241 e. The highest BCUT2D eigenvalue weighted by Crippen LogP contribution is 2.42. The van der Waals surface area contributed by atoms with E-state index in [9.17, 15) is 8.42 Å². The highest BCUT2D eigenvalue weighted by atomic mass is 35.5. The molecule has 0 radical (unpaired) electrons. The van der Waals surface area contributed by atoms with E-state index in [4.69, 9.17) is 21.1 Å². The number of fused-ring (bicyclic) bond motifs is 2. The first-order valence-corrected chi connectivity index (χ1v) is 6.98. The third kappa shape index (κ3) is 1.60. The SMILES string of the molecule is O=S1(=O)NCC2(OCCO2)c2c(Cl)cccc21. The summed E-state index contributed by atoms with van der Waals surface area (Å²) in [6, 6.07) is 4.72. The Hall–Kier alpha value is -0.660. The van der Waals surface area contributed by atoms with Crippen molar-refractivity contribution in [3.05, 3.63) is 28.8 Å². The number of rotatable bonds is 0. The lowest BCUT2D eigenvalue weighted by molar-refractivity contribution is -0.162. The van der Waals surface area contributed by atoms with Gasteiger partial charge in [-0.2, -0.15) is 0 Å². The van der Waals surface area contributed by atoms with Crippen LogP contribution in [0.15, 0.2) is 23.1 Å². The molecule has 2 heterocycles. The Balaban J connectivity index is 2.29. The lowest BCUT2D eigenvalue weighted by Crippen LogP contribution is -2.47. The number of nitrogens with one attached hydrogen (secondary N) is 1. The molecule has 1 N–H and O–H groups in total. The number of sulfonamides is 1. The Morgan fingerprint density at radius 2 is 2.00 bits per heavy atom. The van der Waals surface area contributed by atoms with Crippen molar-refractivity contribution in [3.63, 3.8) is 0 Å². The second-order valence-corrected chi connectivity index (χ2v) is 6.03. The van der Waals surface area contributed by atoms with Gasteiger partial charge in [-0.3, -0.25) is 0 Å². The van der Waals surface area contributed by atoms with Gasteiger partial charge in [-0.25, -0.2) is 13.1 Å². The monoisotopic (exact) mass is 275 g/mol. The molecule has 0 aromatic heterocycles. The second kappa shape index (κ2) is 3.66. The zero-order valence-electron chi connectivity index (χ0n) is 8.77. The van der Waals surface area contributed by atoms with Crippen LogP contribution in [0.1, 0.15) is 5.56 Å². The van der Waals surface area contributed by atoms with Crippen molar-refractivity contribution in [2.24, 2.45) is 0 Å². The molecule has 3 rings (SSSR count). The Morgan fingerprint density at radius 3 is 2.71 bits per heavy atom. The van der Waals surface area contributed by atoms with Crippen LogP contribution in [0.3, 0.4) is 0 Å². The maximum absolute atomic E-state index is 11.9. The predicted octanol–water partition coefficient (Wildman–Crippen LogP) is 0.832. The molecule has 17 heavy (non-hydrogen) atoms. The van der Waals surface area contributed by atoms with Gasteiger partial charge < -0.3 is 9.47 Å². The second-order valence-electron chi connectivity index (χ2n) is 3.89. The molecule has 0 amide bonds. The fourth-order valence-electron chi connectivity index (χ4n) is 2.16. The van der Waals surface area contributed by atoms with Crippen molar-refractivity contribution in [2.45, 2.75) is 10.7 Å². The molecule has 2 aliphatic rings. The summed E-state index contributed by atoms with van der Waals surface area (Å²) in [5.41, 5.74) is 0.401. The van der Waals surface area contributed by atoms with Crippen LogP contribution < -0.4 is 4.72 Å². The molecule has 0 atom stereocenters. The average molecular weight is 276 g/mol. The van der Waals surface area contributed by atoms with Gasteiger partial charge in [0.05, 0.1) is 35.2 Å². The van der Waals surface area contributed by atoms with Gasteiger partial charge in [0, 0.05) is 0 Å². The fourth-order valence-corrected chi connectivity index (χ4v) is 3.86. The minimum absolute atomic E-state index is 0.0477. The molecule has 1 spiro atoms. The summed E-state index contributed by atoms with van der Waals surface area (Å²) in [5, 5.41) is 0.342. The standard InChI is InChI=1S/C10H10ClNO4S/c11-7-2-1-3-8-9(7)10(15-4-5-16-10)6-12-17(8,13)14/h1-3,12H,4-6H2. The summed E-state index contributed by atoms with van der Waals surface area (Å²) < 4.78 is 37.3. The largest absolute Gasteiger partial charge is 0.342 e. The summed E-state index contributed by atoms with van der Waals surface area (Å²) >= 11 is 6.09. The van der Waals surface area contributed by atoms with E-state index in [1.54, 1.807) is 12.1 Å². The number of halogens is 1. The topological polar surface area (TPSA) is 64.6 Å². The van der Waals surface area contributed by atoms with Crippen molar-refractivity contribution in [1.29, 1.82) is 0 Å². The Bertz CT molecular complexity index is 566. The normalized spacial score (nSPS) is 24.8. The molecule has 92 valence electrons. The highest BCUT2D eigenvalue weighted by Gasteiger charge is 2.48. The van der Waals surface area contributed by atoms with Crippen LogP contribution in [-0.2, 0) is 25.3 Å². The predicted molar refractivity (Wildman–Crippen MR) is 60.2 cm³/mol. The first kappa shape index (κ1) is 11.4. The highest BCUT2D eigenvalue weighted by molar-refractivity contribution is 7.89. The molecular formula is C10H10ClNO4S. The van der Waals surface area contributed by atoms with E-state index >= 15 is 0 Å². The number of benzene rings is 1. The van der Waals surface area contributed by atoms with Crippen molar-refractivity contribution >= 4 is 21.6 Å². The van der Waals surface area contributed by atoms with E-state index in [-0.39, 0.29) is 11.4 Å². The van der Waals surface area contributed by atoms with Gasteiger partial charge >= 0.3 is 0 Å². The molecule has 1 aromatic rings. The van der Waals surface area contributed by atoms with Gasteiger partial charge in [-0.1, -0.05) is 17.7 Å². The number of hydrogen-bond acceptors (Lipinski definition) is 4. The van der Waals surface area contributed by atoms with Crippen LogP contribution in [0.25, 0.3) is 0 Å². The molecule has 0 unspecified atom stereocenters. The van der Waals surface area contributed by atoms with Gasteiger partial charge in [0.2, 0.25) is 15.8 Å². The Kier molecular flexibility index (Phi) is 2.46. The summed E-state index contributed by atoms with van der Waals surface area (Å²) in [5.74, 6) is -1.07. The van der Waals surface area contributed by atoms with Crippen LogP contribution in [0.2, 0.25) is 5.02 Å². The molecule has 0 aliphatic carbocycles. The van der Waals surface area contributed by atoms with Gasteiger partial charge in [-0.05, 0) is 12.1 Å². The van der Waals surface area contributed by atoms with Crippen LogP contribution >= 0.6 is 11.6 Å². The zero-order chi connectivity index (χ0) is 12.1. The third-order valence-corrected chi connectivity index (χ3v) is 4.65. The molecule has 1 saturated heterocycles. The van der Waals surface area contributed by atoms with Crippen molar-refractivity contribution in [3.8, 4) is 0 Å². The van der Waals surface area contributed by atoms with Crippen molar-refractivity contribution in [1.82, 2.24) is 4.72 Å². The quantitative estimate of drug-likeness (QED) is 0.762. The third-order valence-electron chi connectivity index (χ3n) is 2.89. The summed E-state index contributed by atoms with van der Waals surface area (Å²) in [6.45, 7) is 0.894. The summed E-state index contributed by atoms with van der Waals surface area (Å²) in [4.78, 5) is 0.123. The minimum atomic E-state index is -3.52. The lowest BCUT2D eigenvalue weighted by atomic mass is 10.1. The van der Waals surface area contributed by atoms with E-state index in [1.807, 2.05) is 0 Å². The van der Waals surface area contributed by atoms with Crippen molar-refractivity contribution < 1.29 is 17.9 Å². The van der Waals surface area contributed by atoms with Crippen LogP contribution in [0.5, 0.6) is 0 Å². The van der Waals surface area contributed by atoms with E-state index in [2.05, 4.69) is 4.72 Å². The molecule has 1 fully saturated rings. The smallest absolute Gasteiger partial charge is 0.241 e. The summed E-state index contributed by atoms with van der Waals surface area (Å²) in [7, 11) is -3.52. The molecule has 2 aliphatic heterocycles. The average Bonchev–Trinajstić information content (AvgIpc) is 2.74. The zero-order valence-corrected chi connectivity index (χ0v) is 10.3. The van der Waals surface area contributed by atoms with Crippen LogP contribution in [0.4, 0.5) is 0 Å². The maximum atomic E-state index is 11.9. The first-order valence-electron chi connectivity index (χ1n) is 5.12. The fraction of sp³-hybridized carbons (Fsp3) is 0.400. The Morgan fingerprint density at radius 1 is 1.29 bits per heavy atom. The number of hydrogen-bond donors (Lipinski definition) is 1. The molecule has 5 nitrogen and oxygen atoms in total. The van der Waals surface area contributed by atoms with Crippen molar-refractivity contribution in [2.75, 3.05) is 19.8 Å². The van der Waals surface area contributed by atoms with Gasteiger partial charge in [-0.15, -0.1) is 0 Å². The first-order chi connectivity index (χ1) is 8.05. The van der Waals surface area contributed by atoms with E-state index in [0.29, 0.717) is 23.8 Å². The van der Waals surface area contributed by atoms with Gasteiger partial charge in [0.15, 0.2) is 0 Å². The Labute approximate surface area is 104 Å². The van der Waals surface area contributed by atoms with Gasteiger partial charge in [0.1, 0.15) is 0 Å². The van der Waals surface area contributed by atoms with E-state index in [1.165, 1.54) is 6.07 Å². The van der Waals surface area contributed by atoms with E-state index < -0.39 is 15.8 Å². The van der Waals surface area contributed by atoms with Crippen LogP contribution in [0, 0.1) is 0 Å². The van der Waals surface area contributed by atoms with Crippen LogP contribution in [-0.4, -0.2) is 28.2 Å². The van der Waals surface area contributed by atoms with E-state index in [0.717, 1.165) is 0 Å². The minimum Gasteiger partial charge on any atom is -0.342 e. The lowest BCUT2D eigenvalue weighted by Gasteiger charge is -2.34. The molecule has 0 bridgehead atoms. The molecule has 1 aromatic carbocycles. The molecule has 0 saturated carbocycles.